The molecule has 2 N–H and O–H groups in total. The quantitative estimate of drug-likeness (QED) is 0.775. The summed E-state index contributed by atoms with van der Waals surface area (Å²) < 4.78 is 2.01. The van der Waals surface area contributed by atoms with E-state index in [0.29, 0.717) is 5.92 Å². The molecule has 13 heavy (non-hydrogen) atoms. The van der Waals surface area contributed by atoms with Gasteiger partial charge in [0.1, 0.15) is 5.15 Å². The Balaban J connectivity index is 2.32. The lowest BCUT2D eigenvalue weighted by Crippen LogP contribution is -2.04. The van der Waals surface area contributed by atoms with E-state index in [-0.39, 0.29) is 0 Å². The van der Waals surface area contributed by atoms with Crippen LogP contribution in [-0.2, 0) is 13.5 Å². The molecule has 0 bridgehead atoms. The van der Waals surface area contributed by atoms with Crippen LogP contribution in [0.15, 0.2) is 6.20 Å². The van der Waals surface area contributed by atoms with Crippen LogP contribution in [0, 0.1) is 0 Å². The number of rotatable bonds is 2. The molecule has 1 aliphatic rings. The summed E-state index contributed by atoms with van der Waals surface area (Å²) in [6, 6.07) is 0. The van der Waals surface area contributed by atoms with Crippen molar-refractivity contribution < 1.29 is 0 Å². The lowest BCUT2D eigenvalue weighted by Gasteiger charge is -2.06. The fourth-order valence-corrected chi connectivity index (χ4v) is 2.50. The van der Waals surface area contributed by atoms with Gasteiger partial charge in [0.15, 0.2) is 0 Å². The third-order valence-corrected chi connectivity index (χ3v) is 3.43. The van der Waals surface area contributed by atoms with Gasteiger partial charge in [0.25, 0.3) is 0 Å². The highest BCUT2D eigenvalue weighted by Gasteiger charge is 2.26. The lowest BCUT2D eigenvalue weighted by molar-refractivity contribution is 0.621. The summed E-state index contributed by atoms with van der Waals surface area (Å²) in [6.07, 6.45) is 5.60. The van der Waals surface area contributed by atoms with E-state index in [1.54, 1.807) is 0 Å². The van der Waals surface area contributed by atoms with E-state index in [9.17, 15) is 0 Å². The minimum atomic E-state index is 0.652. The van der Waals surface area contributed by atoms with Crippen molar-refractivity contribution in [2.24, 2.45) is 12.8 Å². The first kappa shape index (κ1) is 9.10. The minimum Gasteiger partial charge on any atom is -0.341 e. The molecule has 0 amide bonds. The molecule has 0 saturated carbocycles. The van der Waals surface area contributed by atoms with Gasteiger partial charge >= 0.3 is 0 Å². The van der Waals surface area contributed by atoms with Gasteiger partial charge in [-0.15, -0.1) is 0 Å². The highest BCUT2D eigenvalue weighted by Crippen LogP contribution is 2.39. The van der Waals surface area contributed by atoms with Crippen LogP contribution in [0.1, 0.15) is 29.9 Å². The molecule has 0 fully saturated rings. The van der Waals surface area contributed by atoms with Crippen molar-refractivity contribution in [1.82, 2.24) is 4.57 Å². The van der Waals surface area contributed by atoms with Gasteiger partial charge in [0, 0.05) is 13.2 Å². The van der Waals surface area contributed by atoms with Crippen LogP contribution in [0.2, 0.25) is 5.15 Å². The smallest absolute Gasteiger partial charge is 0.112 e. The van der Waals surface area contributed by atoms with Crippen molar-refractivity contribution in [3.8, 4) is 0 Å². The van der Waals surface area contributed by atoms with Crippen LogP contribution in [0.4, 0.5) is 0 Å². The summed E-state index contributed by atoms with van der Waals surface area (Å²) in [7, 11) is 2.00. The van der Waals surface area contributed by atoms with Crippen molar-refractivity contribution in [2.45, 2.75) is 25.2 Å². The van der Waals surface area contributed by atoms with Gasteiger partial charge in [-0.3, -0.25) is 0 Å². The van der Waals surface area contributed by atoms with Crippen LogP contribution >= 0.6 is 11.6 Å². The van der Waals surface area contributed by atoms with Crippen molar-refractivity contribution in [3.05, 3.63) is 22.5 Å². The zero-order valence-corrected chi connectivity index (χ0v) is 8.64. The summed E-state index contributed by atoms with van der Waals surface area (Å²) in [5.41, 5.74) is 8.35. The van der Waals surface area contributed by atoms with Gasteiger partial charge in [0.2, 0.25) is 0 Å². The Morgan fingerprint density at radius 3 is 3.15 bits per heavy atom. The maximum absolute atomic E-state index is 6.15. The second-order valence-corrected chi connectivity index (χ2v) is 4.14. The third kappa shape index (κ3) is 1.38. The van der Waals surface area contributed by atoms with Crippen LogP contribution in [0.5, 0.6) is 0 Å². The molecule has 1 aliphatic carbocycles. The van der Waals surface area contributed by atoms with E-state index in [1.165, 1.54) is 17.5 Å². The van der Waals surface area contributed by atoms with E-state index in [2.05, 4.69) is 6.20 Å². The van der Waals surface area contributed by atoms with Crippen molar-refractivity contribution in [3.63, 3.8) is 0 Å². The number of aromatic nitrogens is 1. The third-order valence-electron chi connectivity index (χ3n) is 2.94. The Hall–Kier alpha value is -0.470. The highest BCUT2D eigenvalue weighted by molar-refractivity contribution is 6.30. The zero-order valence-electron chi connectivity index (χ0n) is 7.89. The summed E-state index contributed by atoms with van der Waals surface area (Å²) in [6.45, 7) is 0.774. The summed E-state index contributed by atoms with van der Waals surface area (Å²) in [4.78, 5) is 0. The Morgan fingerprint density at radius 1 is 1.69 bits per heavy atom. The van der Waals surface area contributed by atoms with Crippen molar-refractivity contribution >= 4 is 11.6 Å². The molecular formula is C10H15ClN2. The van der Waals surface area contributed by atoms with Crippen LogP contribution < -0.4 is 5.73 Å². The van der Waals surface area contributed by atoms with Gasteiger partial charge in [0.05, 0.1) is 0 Å². The predicted molar refractivity (Wildman–Crippen MR) is 55.2 cm³/mol. The first-order valence-corrected chi connectivity index (χ1v) is 5.15. The molecule has 0 saturated heterocycles. The molecule has 1 unspecified atom stereocenters. The number of nitrogens with two attached hydrogens (primary N) is 1. The van der Waals surface area contributed by atoms with Gasteiger partial charge in [-0.2, -0.15) is 0 Å². The second-order valence-electron chi connectivity index (χ2n) is 3.78. The fourth-order valence-electron chi connectivity index (χ4n) is 2.25. The summed E-state index contributed by atoms with van der Waals surface area (Å²) in [5.74, 6) is 0.652. The fraction of sp³-hybridized carbons (Fsp3) is 0.600. The van der Waals surface area contributed by atoms with Gasteiger partial charge in [-0.25, -0.2) is 0 Å². The molecule has 0 radical (unpaired) electrons. The normalized spacial score (nSPS) is 20.7. The van der Waals surface area contributed by atoms with Crippen molar-refractivity contribution in [1.29, 1.82) is 0 Å². The van der Waals surface area contributed by atoms with Crippen LogP contribution in [-0.4, -0.2) is 11.1 Å². The van der Waals surface area contributed by atoms with Crippen LogP contribution in [0.3, 0.4) is 0 Å². The SMILES string of the molecule is Cn1cc2c(c1Cl)CCC2CCN. The van der Waals surface area contributed by atoms with Gasteiger partial charge in [-0.1, -0.05) is 11.6 Å². The Morgan fingerprint density at radius 2 is 2.46 bits per heavy atom. The molecule has 72 valence electrons. The Bertz CT molecular complexity index is 317. The Labute approximate surface area is 83.7 Å². The second kappa shape index (κ2) is 3.35. The standard InChI is InChI=1S/C10H15ClN2/c1-13-6-9-7(4-5-12)2-3-8(9)10(13)11/h6-7H,2-5,12H2,1H3. The summed E-state index contributed by atoms with van der Waals surface area (Å²) in [5, 5.41) is 0.912. The number of nitrogens with zero attached hydrogens (tertiary/aromatic N) is 1. The first-order valence-electron chi connectivity index (χ1n) is 4.77. The van der Waals surface area contributed by atoms with E-state index in [4.69, 9.17) is 17.3 Å². The van der Waals surface area contributed by atoms with E-state index < -0.39 is 0 Å². The predicted octanol–water partition coefficient (Wildman–Crippen LogP) is 2.06. The molecule has 1 atom stereocenters. The molecule has 0 spiro atoms. The molecule has 1 aromatic rings. The molecule has 0 aliphatic heterocycles. The number of hydrogen-bond donors (Lipinski definition) is 1. The average molecular weight is 199 g/mol. The number of aryl methyl sites for hydroxylation is 1. The molecular weight excluding hydrogens is 184 g/mol. The molecule has 2 nitrogen and oxygen atoms in total. The van der Waals surface area contributed by atoms with Gasteiger partial charge in [-0.05, 0) is 42.9 Å². The molecule has 3 heteroatoms. The number of hydrogen-bond acceptors (Lipinski definition) is 1. The average Bonchev–Trinajstić information content (AvgIpc) is 2.59. The molecule has 0 aromatic carbocycles. The molecule has 1 heterocycles. The topological polar surface area (TPSA) is 30.9 Å². The van der Waals surface area contributed by atoms with Crippen molar-refractivity contribution in [2.75, 3.05) is 6.54 Å². The molecule has 1 aromatic heterocycles. The largest absolute Gasteiger partial charge is 0.341 e. The van der Waals surface area contributed by atoms with E-state index in [1.807, 2.05) is 11.6 Å². The number of fused-ring (bicyclic) bond motifs is 1. The minimum absolute atomic E-state index is 0.652. The summed E-state index contributed by atoms with van der Waals surface area (Å²) >= 11 is 6.15. The Kier molecular flexibility index (Phi) is 2.35. The van der Waals surface area contributed by atoms with E-state index in [0.717, 1.165) is 24.5 Å². The highest BCUT2D eigenvalue weighted by atomic mass is 35.5. The lowest BCUT2D eigenvalue weighted by atomic mass is 10.0. The van der Waals surface area contributed by atoms with Crippen LogP contribution in [0.25, 0.3) is 0 Å². The maximum atomic E-state index is 6.15. The van der Waals surface area contributed by atoms with E-state index >= 15 is 0 Å². The number of halogens is 1. The zero-order chi connectivity index (χ0) is 9.42. The maximum Gasteiger partial charge on any atom is 0.112 e. The monoisotopic (exact) mass is 198 g/mol. The molecule has 2 rings (SSSR count). The first-order chi connectivity index (χ1) is 6.24. The van der Waals surface area contributed by atoms with Gasteiger partial charge < -0.3 is 10.3 Å².